The van der Waals surface area contributed by atoms with Crippen LogP contribution in [0.4, 0.5) is 15.9 Å². The number of anilines is 2. The van der Waals surface area contributed by atoms with Gasteiger partial charge in [0.15, 0.2) is 11.6 Å². The predicted octanol–water partition coefficient (Wildman–Crippen LogP) is 7.86. The van der Waals surface area contributed by atoms with E-state index in [-0.39, 0.29) is 17.4 Å². The fourth-order valence-corrected chi connectivity index (χ4v) is 6.27. The van der Waals surface area contributed by atoms with Gasteiger partial charge in [-0.1, -0.05) is 52.3 Å². The molecule has 1 aliphatic heterocycles. The summed E-state index contributed by atoms with van der Waals surface area (Å²) in [7, 11) is 3.23. The van der Waals surface area contributed by atoms with E-state index < -0.39 is 5.97 Å². The van der Waals surface area contributed by atoms with Crippen LogP contribution in [0.1, 0.15) is 45.1 Å². The number of aromatic nitrogens is 2. The van der Waals surface area contributed by atoms with Gasteiger partial charge in [-0.05, 0) is 73.5 Å². The number of piperazine rings is 1. The standard InChI is InChI=1S/C30H29FN4O3.C8H7BrO/c1-20(36)23-5-4-6-25(19-23)34-15-17-35(18-16-34)29-27(22-11-13-32-14-12-22)26(21-7-9-24(31)10-8-21)28(33(29)2)30(37)38-3;1-6(10)7-3-2-4-8(9)5-7/h4-14,19H,15-18H2,1-3H3;2-5H,1H3. The second kappa shape index (κ2) is 15.2. The molecule has 1 saturated heterocycles. The molecule has 10 heteroatoms. The lowest BCUT2D eigenvalue weighted by Crippen LogP contribution is -2.47. The maximum absolute atomic E-state index is 13.8. The van der Waals surface area contributed by atoms with Crippen molar-refractivity contribution in [1.82, 2.24) is 9.55 Å². The number of rotatable bonds is 7. The van der Waals surface area contributed by atoms with Gasteiger partial charge in [0.2, 0.25) is 0 Å². The van der Waals surface area contributed by atoms with E-state index in [1.54, 1.807) is 44.4 Å². The maximum Gasteiger partial charge on any atom is 0.355 e. The van der Waals surface area contributed by atoms with Crippen LogP contribution in [0.3, 0.4) is 0 Å². The third-order valence-corrected chi connectivity index (χ3v) is 8.77. The summed E-state index contributed by atoms with van der Waals surface area (Å²) >= 11 is 3.28. The second-order valence-corrected chi connectivity index (χ2v) is 12.3. The van der Waals surface area contributed by atoms with E-state index in [1.807, 2.05) is 66.2 Å². The molecule has 0 atom stereocenters. The zero-order valence-corrected chi connectivity index (χ0v) is 28.8. The van der Waals surface area contributed by atoms with Crippen molar-refractivity contribution in [2.75, 3.05) is 43.1 Å². The van der Waals surface area contributed by atoms with Gasteiger partial charge in [-0.3, -0.25) is 14.6 Å². The molecule has 3 aromatic carbocycles. The Morgan fingerprint density at radius 3 is 1.88 bits per heavy atom. The molecule has 2 aromatic heterocycles. The van der Waals surface area contributed by atoms with Crippen LogP contribution >= 0.6 is 15.9 Å². The third kappa shape index (κ3) is 7.55. The first-order valence-electron chi connectivity index (χ1n) is 15.4. The summed E-state index contributed by atoms with van der Waals surface area (Å²) in [6.45, 7) is 6.00. The lowest BCUT2D eigenvalue weighted by atomic mass is 9.96. The number of esters is 1. The number of methoxy groups -OCH3 is 1. The van der Waals surface area contributed by atoms with Crippen molar-refractivity contribution in [2.24, 2.45) is 7.05 Å². The van der Waals surface area contributed by atoms with Crippen molar-refractivity contribution >= 4 is 45.0 Å². The number of Topliss-reactive ketones (excluding diaryl/α,β-unsaturated/α-hetero) is 2. The molecule has 1 fully saturated rings. The van der Waals surface area contributed by atoms with Gasteiger partial charge in [0.25, 0.3) is 0 Å². The Morgan fingerprint density at radius 2 is 1.31 bits per heavy atom. The fraction of sp³-hybridized carbons (Fsp3) is 0.211. The van der Waals surface area contributed by atoms with Crippen LogP contribution in [0.15, 0.2) is 102 Å². The summed E-state index contributed by atoms with van der Waals surface area (Å²) in [5.74, 6) is 0.210. The molecule has 5 aromatic rings. The third-order valence-electron chi connectivity index (χ3n) is 8.27. The molecule has 0 radical (unpaired) electrons. The second-order valence-electron chi connectivity index (χ2n) is 11.4. The average Bonchev–Trinajstić information content (AvgIpc) is 3.41. The molecule has 0 saturated carbocycles. The number of carbonyl (C=O) groups is 3. The molecule has 48 heavy (non-hydrogen) atoms. The number of benzene rings is 3. The van der Waals surface area contributed by atoms with Crippen molar-refractivity contribution in [3.8, 4) is 22.3 Å². The number of hydrogen-bond acceptors (Lipinski definition) is 7. The molecule has 6 rings (SSSR count). The van der Waals surface area contributed by atoms with Crippen molar-refractivity contribution in [3.05, 3.63) is 124 Å². The lowest BCUT2D eigenvalue weighted by molar-refractivity contribution is 0.0590. The summed E-state index contributed by atoms with van der Waals surface area (Å²) in [4.78, 5) is 44.5. The minimum atomic E-state index is -0.465. The largest absolute Gasteiger partial charge is 0.464 e. The van der Waals surface area contributed by atoms with Crippen molar-refractivity contribution in [2.45, 2.75) is 13.8 Å². The summed E-state index contributed by atoms with van der Waals surface area (Å²) in [6, 6.07) is 25.0. The predicted molar refractivity (Wildman–Crippen MR) is 190 cm³/mol. The molecule has 1 aliphatic rings. The van der Waals surface area contributed by atoms with Gasteiger partial charge in [-0.25, -0.2) is 9.18 Å². The number of pyridine rings is 1. The molecule has 3 heterocycles. The summed E-state index contributed by atoms with van der Waals surface area (Å²) in [6.07, 6.45) is 3.44. The Labute approximate surface area is 287 Å². The topological polar surface area (TPSA) is 84.7 Å². The van der Waals surface area contributed by atoms with Gasteiger partial charge in [0, 0.05) is 78.0 Å². The molecule has 0 amide bonds. The van der Waals surface area contributed by atoms with E-state index in [4.69, 9.17) is 4.74 Å². The zero-order chi connectivity index (χ0) is 34.4. The van der Waals surface area contributed by atoms with Gasteiger partial charge < -0.3 is 19.1 Å². The van der Waals surface area contributed by atoms with Crippen molar-refractivity contribution in [1.29, 1.82) is 0 Å². The Bertz CT molecular complexity index is 1930. The highest BCUT2D eigenvalue weighted by Gasteiger charge is 2.32. The number of carbonyl (C=O) groups excluding carboxylic acids is 3. The van der Waals surface area contributed by atoms with E-state index >= 15 is 0 Å². The molecular weight excluding hydrogens is 675 g/mol. The minimum Gasteiger partial charge on any atom is -0.464 e. The molecule has 0 unspecified atom stereocenters. The molecule has 0 bridgehead atoms. The summed E-state index contributed by atoms with van der Waals surface area (Å²) in [5.41, 5.74) is 6.04. The molecule has 8 nitrogen and oxygen atoms in total. The number of nitrogens with zero attached hydrogens (tertiary/aromatic N) is 4. The molecule has 0 spiro atoms. The van der Waals surface area contributed by atoms with E-state index in [0.717, 1.165) is 51.3 Å². The van der Waals surface area contributed by atoms with E-state index in [0.29, 0.717) is 29.9 Å². The summed E-state index contributed by atoms with van der Waals surface area (Å²) < 4.78 is 21.9. The number of hydrogen-bond donors (Lipinski definition) is 0. The Hall–Kier alpha value is -5.09. The highest BCUT2D eigenvalue weighted by molar-refractivity contribution is 9.10. The van der Waals surface area contributed by atoms with Crippen molar-refractivity contribution in [3.63, 3.8) is 0 Å². The monoisotopic (exact) mass is 710 g/mol. The number of ether oxygens (including phenoxy) is 1. The van der Waals surface area contributed by atoms with E-state index in [1.165, 1.54) is 19.2 Å². The van der Waals surface area contributed by atoms with Gasteiger partial charge in [-0.2, -0.15) is 0 Å². The van der Waals surface area contributed by atoms with Crippen LogP contribution in [0.2, 0.25) is 0 Å². The van der Waals surface area contributed by atoms with Crippen LogP contribution in [0.5, 0.6) is 0 Å². The van der Waals surface area contributed by atoms with Crippen LogP contribution in [0.25, 0.3) is 22.3 Å². The Balaban J connectivity index is 0.000000387. The number of ketones is 2. The highest BCUT2D eigenvalue weighted by atomic mass is 79.9. The quantitative estimate of drug-likeness (QED) is 0.126. The Morgan fingerprint density at radius 1 is 0.750 bits per heavy atom. The van der Waals surface area contributed by atoms with Crippen LogP contribution in [0, 0.1) is 5.82 Å². The lowest BCUT2D eigenvalue weighted by Gasteiger charge is -2.38. The van der Waals surface area contributed by atoms with E-state index in [2.05, 4.69) is 30.7 Å². The smallest absolute Gasteiger partial charge is 0.355 e. The SMILES string of the molecule is CC(=O)c1cccc(Br)c1.COC(=O)c1c(-c2ccc(F)cc2)c(-c2ccncc2)c(N2CCN(c3cccc(C(C)=O)c3)CC2)n1C. The van der Waals surface area contributed by atoms with Gasteiger partial charge in [0.1, 0.15) is 17.3 Å². The van der Waals surface area contributed by atoms with Crippen LogP contribution in [-0.4, -0.2) is 60.4 Å². The first-order valence-corrected chi connectivity index (χ1v) is 16.2. The van der Waals surface area contributed by atoms with Crippen molar-refractivity contribution < 1.29 is 23.5 Å². The van der Waals surface area contributed by atoms with Gasteiger partial charge in [-0.15, -0.1) is 0 Å². The van der Waals surface area contributed by atoms with Crippen LogP contribution < -0.4 is 9.80 Å². The zero-order valence-electron chi connectivity index (χ0n) is 27.2. The number of halogens is 2. The van der Waals surface area contributed by atoms with Gasteiger partial charge >= 0.3 is 5.97 Å². The normalized spacial score (nSPS) is 12.6. The Kier molecular flexibility index (Phi) is 10.9. The molecule has 246 valence electrons. The maximum atomic E-state index is 13.8. The molecule has 0 N–H and O–H groups in total. The van der Waals surface area contributed by atoms with E-state index in [9.17, 15) is 18.8 Å². The first kappa shape index (κ1) is 34.3. The molecular formula is C38H36BrFN4O4. The fourth-order valence-electron chi connectivity index (χ4n) is 5.87. The van der Waals surface area contributed by atoms with Gasteiger partial charge in [0.05, 0.1) is 7.11 Å². The van der Waals surface area contributed by atoms with Crippen LogP contribution in [-0.2, 0) is 11.8 Å². The summed E-state index contributed by atoms with van der Waals surface area (Å²) in [5, 5.41) is 0. The average molecular weight is 712 g/mol. The highest BCUT2D eigenvalue weighted by Crippen LogP contribution is 2.44. The molecule has 0 aliphatic carbocycles. The first-order chi connectivity index (χ1) is 23.1. The minimum absolute atomic E-state index is 0.0416.